The van der Waals surface area contributed by atoms with Gasteiger partial charge in [0, 0.05) is 25.1 Å². The van der Waals surface area contributed by atoms with Gasteiger partial charge in [-0.05, 0) is 38.6 Å². The van der Waals surface area contributed by atoms with Crippen molar-refractivity contribution < 1.29 is 9.53 Å². The summed E-state index contributed by atoms with van der Waals surface area (Å²) in [6, 6.07) is 13.9. The lowest BCUT2D eigenvalue weighted by Crippen LogP contribution is -2.21. The first-order valence-electron chi connectivity index (χ1n) is 8.98. The molecule has 136 valence electrons. The summed E-state index contributed by atoms with van der Waals surface area (Å²) in [5.74, 6) is 0.911. The van der Waals surface area contributed by atoms with Crippen LogP contribution in [0.15, 0.2) is 48.7 Å². The number of fused-ring (bicyclic) bond motifs is 1. The zero-order valence-corrected chi connectivity index (χ0v) is 15.5. The molecule has 0 saturated carbocycles. The van der Waals surface area contributed by atoms with Gasteiger partial charge in [0.1, 0.15) is 5.69 Å². The lowest BCUT2D eigenvalue weighted by atomic mass is 9.92. The number of aromatic nitrogens is 2. The molecule has 1 N–H and O–H groups in total. The Morgan fingerprint density at radius 3 is 2.69 bits per heavy atom. The first-order chi connectivity index (χ1) is 12.7. The van der Waals surface area contributed by atoms with Crippen LogP contribution in [0.5, 0.6) is 5.75 Å². The molecule has 26 heavy (non-hydrogen) atoms. The van der Waals surface area contributed by atoms with Crippen molar-refractivity contribution in [1.82, 2.24) is 14.7 Å². The summed E-state index contributed by atoms with van der Waals surface area (Å²) < 4.78 is 7.50. The molecule has 5 nitrogen and oxygen atoms in total. The van der Waals surface area contributed by atoms with Gasteiger partial charge in [-0.3, -0.25) is 9.20 Å². The van der Waals surface area contributed by atoms with Crippen LogP contribution in [0.2, 0.25) is 0 Å². The topological polar surface area (TPSA) is 55.6 Å². The largest absolute Gasteiger partial charge is 0.490 e. The lowest BCUT2D eigenvalue weighted by molar-refractivity contribution is 0.0967. The van der Waals surface area contributed by atoms with Crippen LogP contribution in [0.25, 0.3) is 5.65 Å². The summed E-state index contributed by atoms with van der Waals surface area (Å²) in [6.07, 6.45) is 2.30. The van der Waals surface area contributed by atoms with Crippen LogP contribution in [0.4, 0.5) is 0 Å². The Hall–Kier alpha value is -2.66. The summed E-state index contributed by atoms with van der Waals surface area (Å²) in [6.45, 7) is 5.13. The highest BCUT2D eigenvalue weighted by atomic mass is 16.5. The molecular weight excluding hydrogens is 326 g/mol. The van der Waals surface area contributed by atoms with E-state index in [4.69, 9.17) is 4.74 Å². The minimum absolute atomic E-state index is 0.0905. The normalized spacial score (nSPS) is 12.3. The van der Waals surface area contributed by atoms with Gasteiger partial charge in [-0.1, -0.05) is 30.3 Å². The smallest absolute Gasteiger partial charge is 0.182 e. The van der Waals surface area contributed by atoms with Gasteiger partial charge in [0.15, 0.2) is 17.2 Å². The van der Waals surface area contributed by atoms with Crippen molar-refractivity contribution >= 4 is 11.4 Å². The number of carbonyl (C=O) groups is 1. The maximum atomic E-state index is 13.1. The average molecular weight is 351 g/mol. The molecule has 0 unspecified atom stereocenters. The number of ether oxygens (including phenoxy) is 1. The van der Waals surface area contributed by atoms with Crippen molar-refractivity contribution in [3.05, 3.63) is 65.6 Å². The van der Waals surface area contributed by atoms with E-state index in [0.717, 1.165) is 17.8 Å². The Kier molecular flexibility index (Phi) is 5.68. The third kappa shape index (κ3) is 3.63. The van der Waals surface area contributed by atoms with Gasteiger partial charge in [0.05, 0.1) is 12.3 Å². The van der Waals surface area contributed by atoms with Crippen LogP contribution in [0.1, 0.15) is 41.0 Å². The van der Waals surface area contributed by atoms with Gasteiger partial charge in [-0.15, -0.1) is 0 Å². The SMILES string of the molecule is CCOc1cccn2c(C(=O)C[C@@H](CNC)c3ccccc3)c(C)nc12. The van der Waals surface area contributed by atoms with E-state index in [1.165, 1.54) is 0 Å². The summed E-state index contributed by atoms with van der Waals surface area (Å²) in [4.78, 5) is 17.7. The molecule has 5 heteroatoms. The number of carbonyl (C=O) groups excluding carboxylic acids is 1. The van der Waals surface area contributed by atoms with Crippen LogP contribution in [-0.2, 0) is 0 Å². The molecule has 1 aromatic carbocycles. The predicted molar refractivity (Wildman–Crippen MR) is 103 cm³/mol. The molecule has 0 spiro atoms. The molecule has 0 aliphatic rings. The van der Waals surface area contributed by atoms with E-state index in [0.29, 0.717) is 30.1 Å². The van der Waals surface area contributed by atoms with Crippen molar-refractivity contribution in [3.63, 3.8) is 0 Å². The summed E-state index contributed by atoms with van der Waals surface area (Å²) in [5, 5.41) is 3.20. The van der Waals surface area contributed by atoms with Crippen LogP contribution in [-0.4, -0.2) is 35.4 Å². The van der Waals surface area contributed by atoms with Crippen molar-refractivity contribution in [2.75, 3.05) is 20.2 Å². The van der Waals surface area contributed by atoms with E-state index >= 15 is 0 Å². The van der Waals surface area contributed by atoms with Gasteiger partial charge in [0.2, 0.25) is 0 Å². The molecule has 0 aliphatic carbocycles. The van der Waals surface area contributed by atoms with Crippen LogP contribution < -0.4 is 10.1 Å². The minimum Gasteiger partial charge on any atom is -0.490 e. The first-order valence-corrected chi connectivity index (χ1v) is 8.98. The minimum atomic E-state index is 0.0905. The molecule has 2 heterocycles. The molecule has 0 aliphatic heterocycles. The van der Waals surface area contributed by atoms with E-state index in [2.05, 4.69) is 22.4 Å². The fraction of sp³-hybridized carbons (Fsp3) is 0.333. The maximum absolute atomic E-state index is 13.1. The zero-order chi connectivity index (χ0) is 18.5. The van der Waals surface area contributed by atoms with Gasteiger partial charge >= 0.3 is 0 Å². The number of hydrogen-bond donors (Lipinski definition) is 1. The third-order valence-electron chi connectivity index (χ3n) is 4.51. The maximum Gasteiger partial charge on any atom is 0.182 e. The number of aryl methyl sites for hydroxylation is 1. The van der Waals surface area contributed by atoms with Crippen LogP contribution in [0.3, 0.4) is 0 Å². The highest BCUT2D eigenvalue weighted by molar-refractivity contribution is 5.97. The number of benzene rings is 1. The predicted octanol–water partition coefficient (Wildman–Crippen LogP) is 3.62. The van der Waals surface area contributed by atoms with E-state index in [9.17, 15) is 4.79 Å². The van der Waals surface area contributed by atoms with Gasteiger partial charge < -0.3 is 10.1 Å². The Balaban J connectivity index is 1.94. The molecule has 0 amide bonds. The monoisotopic (exact) mass is 351 g/mol. The van der Waals surface area contributed by atoms with Gasteiger partial charge in [-0.2, -0.15) is 0 Å². The number of nitrogens with zero attached hydrogens (tertiary/aromatic N) is 2. The lowest BCUT2D eigenvalue weighted by Gasteiger charge is -2.16. The number of Topliss-reactive ketones (excluding diaryl/α,β-unsaturated/α-hetero) is 1. The van der Waals surface area contributed by atoms with Crippen molar-refractivity contribution in [2.45, 2.75) is 26.2 Å². The molecular formula is C21H25N3O2. The van der Waals surface area contributed by atoms with E-state index in [-0.39, 0.29) is 11.7 Å². The van der Waals surface area contributed by atoms with Crippen LogP contribution in [0, 0.1) is 6.92 Å². The molecule has 3 rings (SSSR count). The molecule has 3 aromatic rings. The summed E-state index contributed by atoms with van der Waals surface area (Å²) in [5.41, 5.74) is 3.23. The number of rotatable bonds is 8. The standard InChI is InChI=1S/C21H25N3O2/c1-4-26-19-11-8-12-24-20(15(2)23-21(19)24)18(25)13-17(14-22-3)16-9-6-5-7-10-16/h5-12,17,22H,4,13-14H2,1-3H3/t17-/m0/s1. The van der Waals surface area contributed by atoms with Gasteiger partial charge in [-0.25, -0.2) is 4.98 Å². The van der Waals surface area contributed by atoms with Crippen molar-refractivity contribution in [3.8, 4) is 5.75 Å². The fourth-order valence-electron chi connectivity index (χ4n) is 3.36. The van der Waals surface area contributed by atoms with Crippen molar-refractivity contribution in [1.29, 1.82) is 0 Å². The molecule has 0 radical (unpaired) electrons. The number of pyridine rings is 1. The van der Waals surface area contributed by atoms with Crippen molar-refractivity contribution in [2.24, 2.45) is 0 Å². The third-order valence-corrected chi connectivity index (χ3v) is 4.51. The van der Waals surface area contributed by atoms with E-state index in [1.54, 1.807) is 0 Å². The molecule has 0 bridgehead atoms. The number of imidazole rings is 1. The van der Waals surface area contributed by atoms with E-state index < -0.39 is 0 Å². The number of hydrogen-bond acceptors (Lipinski definition) is 4. The zero-order valence-electron chi connectivity index (χ0n) is 15.5. The second kappa shape index (κ2) is 8.15. The average Bonchev–Trinajstić information content (AvgIpc) is 2.99. The Morgan fingerprint density at radius 2 is 2.00 bits per heavy atom. The number of nitrogens with one attached hydrogen (secondary N) is 1. The second-order valence-corrected chi connectivity index (χ2v) is 6.34. The number of likely N-dealkylation sites (N-methyl/N-ethyl adjacent to an activating group) is 1. The Labute approximate surface area is 154 Å². The highest BCUT2D eigenvalue weighted by Crippen LogP contribution is 2.26. The molecule has 0 fully saturated rings. The fourth-order valence-corrected chi connectivity index (χ4v) is 3.36. The molecule has 1 atom stereocenters. The van der Waals surface area contributed by atoms with Gasteiger partial charge in [0.25, 0.3) is 0 Å². The second-order valence-electron chi connectivity index (χ2n) is 6.34. The van der Waals surface area contributed by atoms with E-state index in [1.807, 2.05) is 61.8 Å². The summed E-state index contributed by atoms with van der Waals surface area (Å²) in [7, 11) is 1.91. The quantitative estimate of drug-likeness (QED) is 0.630. The summed E-state index contributed by atoms with van der Waals surface area (Å²) >= 11 is 0. The number of ketones is 1. The molecule has 2 aromatic heterocycles. The first kappa shape index (κ1) is 18.1. The highest BCUT2D eigenvalue weighted by Gasteiger charge is 2.22. The molecule has 0 saturated heterocycles. The Bertz CT molecular complexity index is 887. The Morgan fingerprint density at radius 1 is 1.23 bits per heavy atom. The van der Waals surface area contributed by atoms with Crippen LogP contribution >= 0.6 is 0 Å².